The van der Waals surface area contributed by atoms with Crippen molar-refractivity contribution in [3.05, 3.63) is 74.8 Å². The van der Waals surface area contributed by atoms with E-state index in [2.05, 4.69) is 10.6 Å². The third-order valence-electron chi connectivity index (χ3n) is 3.20. The molecule has 11 heteroatoms. The number of hydrogen-bond donors (Lipinski definition) is 3. The van der Waals surface area contributed by atoms with Crippen LogP contribution in [0, 0.1) is 20.2 Å². The minimum atomic E-state index is -1.26. The lowest BCUT2D eigenvalue weighted by Gasteiger charge is -2.08. The first-order valence-corrected chi connectivity index (χ1v) is 7.28. The summed E-state index contributed by atoms with van der Waals surface area (Å²) in [7, 11) is 0. The summed E-state index contributed by atoms with van der Waals surface area (Å²) in [5, 5.41) is 35.5. The van der Waals surface area contributed by atoms with Gasteiger partial charge in [-0.1, -0.05) is 0 Å². The number of carboxylic acids is 1. The Morgan fingerprint density at radius 2 is 1.56 bits per heavy atom. The van der Waals surface area contributed by atoms with E-state index in [1.807, 2.05) is 0 Å². The monoisotopic (exact) mass is 372 g/mol. The van der Waals surface area contributed by atoms with E-state index in [4.69, 9.17) is 5.11 Å². The summed E-state index contributed by atoms with van der Waals surface area (Å²) in [6, 6.07) is 9.23. The van der Waals surface area contributed by atoms with E-state index in [1.54, 1.807) is 0 Å². The number of anilines is 3. The lowest BCUT2D eigenvalue weighted by atomic mass is 10.2. The summed E-state index contributed by atoms with van der Waals surface area (Å²) in [5.41, 5.74) is 0.0108. The Kier molecular flexibility index (Phi) is 5.79. The van der Waals surface area contributed by atoms with E-state index in [9.17, 15) is 29.8 Å². The average Bonchev–Trinajstić information content (AvgIpc) is 2.61. The molecule has 1 amide bonds. The van der Waals surface area contributed by atoms with Crippen LogP contribution >= 0.6 is 0 Å². The minimum Gasteiger partial charge on any atom is -0.478 e. The van der Waals surface area contributed by atoms with Gasteiger partial charge in [-0.25, -0.2) is 4.79 Å². The highest BCUT2D eigenvalue weighted by molar-refractivity contribution is 6.02. The molecule has 0 aliphatic carbocycles. The molecule has 3 N–H and O–H groups in total. The van der Waals surface area contributed by atoms with Crippen molar-refractivity contribution in [3.63, 3.8) is 0 Å². The Morgan fingerprint density at radius 1 is 0.926 bits per heavy atom. The number of amides is 1. The van der Waals surface area contributed by atoms with Crippen LogP contribution in [0.2, 0.25) is 0 Å². The van der Waals surface area contributed by atoms with E-state index in [0.717, 1.165) is 18.2 Å². The highest BCUT2D eigenvalue weighted by Gasteiger charge is 2.19. The van der Waals surface area contributed by atoms with Gasteiger partial charge in [0.2, 0.25) is 5.91 Å². The lowest BCUT2D eigenvalue weighted by molar-refractivity contribution is -0.393. The van der Waals surface area contributed by atoms with Gasteiger partial charge in [0, 0.05) is 29.6 Å². The van der Waals surface area contributed by atoms with E-state index in [0.29, 0.717) is 17.5 Å². The average molecular weight is 372 g/mol. The number of rotatable bonds is 7. The molecule has 0 aliphatic rings. The van der Waals surface area contributed by atoms with E-state index >= 15 is 0 Å². The third kappa shape index (κ3) is 5.35. The first-order valence-electron chi connectivity index (χ1n) is 7.28. The number of hydrogen-bond acceptors (Lipinski definition) is 7. The molecular formula is C16H12N4O7. The van der Waals surface area contributed by atoms with Crippen LogP contribution < -0.4 is 10.6 Å². The Labute approximate surface area is 151 Å². The number of carboxylic acid groups (broad SMARTS) is 1. The van der Waals surface area contributed by atoms with Crippen LogP contribution in [0.4, 0.5) is 28.4 Å². The molecular weight excluding hydrogens is 360 g/mol. The number of nitrogens with zero attached hydrogens (tertiary/aromatic N) is 2. The fourth-order valence-corrected chi connectivity index (χ4v) is 2.01. The Hall–Kier alpha value is -4.28. The largest absolute Gasteiger partial charge is 0.478 e. The van der Waals surface area contributed by atoms with Crippen molar-refractivity contribution >= 4 is 40.3 Å². The molecule has 0 unspecified atom stereocenters. The number of aliphatic carboxylic acids is 1. The molecule has 2 aromatic carbocycles. The number of nitro benzene ring substituents is 2. The van der Waals surface area contributed by atoms with E-state index < -0.39 is 33.1 Å². The molecule has 0 spiro atoms. The molecule has 0 atom stereocenters. The van der Waals surface area contributed by atoms with Gasteiger partial charge >= 0.3 is 5.97 Å². The van der Waals surface area contributed by atoms with E-state index in [1.165, 1.54) is 30.3 Å². The van der Waals surface area contributed by atoms with Gasteiger partial charge in [0.05, 0.1) is 15.9 Å². The number of benzene rings is 2. The zero-order valence-electron chi connectivity index (χ0n) is 13.5. The van der Waals surface area contributed by atoms with Crippen LogP contribution in [0.15, 0.2) is 54.6 Å². The van der Waals surface area contributed by atoms with Gasteiger partial charge in [-0.3, -0.25) is 25.0 Å². The summed E-state index contributed by atoms with van der Waals surface area (Å²) in [4.78, 5) is 42.2. The summed E-state index contributed by atoms with van der Waals surface area (Å²) >= 11 is 0. The maximum absolute atomic E-state index is 11.5. The molecule has 0 heterocycles. The smallest absolute Gasteiger partial charge is 0.328 e. The molecule has 0 saturated heterocycles. The molecule has 0 bridgehead atoms. The number of nitrogens with one attached hydrogen (secondary N) is 2. The topological polar surface area (TPSA) is 165 Å². The summed E-state index contributed by atoms with van der Waals surface area (Å²) in [6.07, 6.45) is 1.55. The van der Waals surface area contributed by atoms with Crippen LogP contribution in [-0.4, -0.2) is 26.8 Å². The van der Waals surface area contributed by atoms with Crippen molar-refractivity contribution in [2.75, 3.05) is 10.6 Å². The molecule has 2 aromatic rings. The second-order valence-corrected chi connectivity index (χ2v) is 5.08. The molecule has 0 aliphatic heterocycles. The summed E-state index contributed by atoms with van der Waals surface area (Å²) in [5.74, 6) is -1.89. The van der Waals surface area contributed by atoms with Crippen LogP contribution in [-0.2, 0) is 9.59 Å². The second kappa shape index (κ2) is 8.20. The summed E-state index contributed by atoms with van der Waals surface area (Å²) < 4.78 is 0. The van der Waals surface area contributed by atoms with Gasteiger partial charge in [0.25, 0.3) is 11.4 Å². The molecule has 0 saturated carbocycles. The van der Waals surface area contributed by atoms with Crippen LogP contribution in [0.25, 0.3) is 0 Å². The molecule has 27 heavy (non-hydrogen) atoms. The van der Waals surface area contributed by atoms with Crippen LogP contribution in [0.1, 0.15) is 0 Å². The molecule has 0 fully saturated rings. The normalized spacial score (nSPS) is 10.4. The number of carbonyl (C=O) groups excluding carboxylic acids is 1. The lowest BCUT2D eigenvalue weighted by Crippen LogP contribution is -2.08. The first-order chi connectivity index (χ1) is 12.8. The maximum atomic E-state index is 11.5. The van der Waals surface area contributed by atoms with Crippen molar-refractivity contribution in [2.24, 2.45) is 0 Å². The highest BCUT2D eigenvalue weighted by Crippen LogP contribution is 2.31. The van der Waals surface area contributed by atoms with Crippen LogP contribution in [0.3, 0.4) is 0 Å². The highest BCUT2D eigenvalue weighted by atomic mass is 16.6. The van der Waals surface area contributed by atoms with E-state index in [-0.39, 0.29) is 5.69 Å². The van der Waals surface area contributed by atoms with Gasteiger partial charge in [-0.15, -0.1) is 0 Å². The fraction of sp³-hybridized carbons (Fsp3) is 0. The predicted molar refractivity (Wildman–Crippen MR) is 94.9 cm³/mol. The predicted octanol–water partition coefficient (Wildman–Crippen LogP) is 2.83. The van der Waals surface area contributed by atoms with Crippen molar-refractivity contribution in [1.82, 2.24) is 0 Å². The standard InChI is InChI=1S/C16H12N4O7/c21-15(7-8-16(22)23)18-11-3-1-10(2-4-11)17-13-6-5-12(19(24)25)9-14(13)20(26)27/h1-9,17H,(H,18,21)(H,22,23)/b8-7+. The maximum Gasteiger partial charge on any atom is 0.328 e. The van der Waals surface area contributed by atoms with Gasteiger partial charge < -0.3 is 15.7 Å². The Balaban J connectivity index is 2.15. The number of carbonyl (C=O) groups is 2. The Morgan fingerprint density at radius 3 is 2.11 bits per heavy atom. The molecule has 11 nitrogen and oxygen atoms in total. The third-order valence-corrected chi connectivity index (χ3v) is 3.20. The van der Waals surface area contributed by atoms with Gasteiger partial charge in [0.15, 0.2) is 0 Å². The molecule has 0 radical (unpaired) electrons. The second-order valence-electron chi connectivity index (χ2n) is 5.08. The van der Waals surface area contributed by atoms with Gasteiger partial charge in [-0.2, -0.15) is 0 Å². The molecule has 2 rings (SSSR count). The SMILES string of the molecule is O=C(O)/C=C/C(=O)Nc1ccc(Nc2ccc([N+](=O)[O-])cc2[N+](=O)[O-])cc1. The summed E-state index contributed by atoms with van der Waals surface area (Å²) in [6.45, 7) is 0. The van der Waals surface area contributed by atoms with Crippen molar-refractivity contribution in [2.45, 2.75) is 0 Å². The zero-order valence-corrected chi connectivity index (χ0v) is 13.5. The number of nitro groups is 2. The number of non-ortho nitro benzene ring substituents is 1. The van der Waals surface area contributed by atoms with Crippen LogP contribution in [0.5, 0.6) is 0 Å². The minimum absolute atomic E-state index is 0.0618. The molecule has 138 valence electrons. The quantitative estimate of drug-likeness (QED) is 0.379. The zero-order chi connectivity index (χ0) is 20.0. The first kappa shape index (κ1) is 19.1. The molecule has 0 aromatic heterocycles. The van der Waals surface area contributed by atoms with Crippen molar-refractivity contribution < 1.29 is 24.5 Å². The van der Waals surface area contributed by atoms with Crippen molar-refractivity contribution in [3.8, 4) is 0 Å². The van der Waals surface area contributed by atoms with Gasteiger partial charge in [0.1, 0.15) is 5.69 Å². The fourth-order valence-electron chi connectivity index (χ4n) is 2.01. The van der Waals surface area contributed by atoms with Crippen molar-refractivity contribution in [1.29, 1.82) is 0 Å². The van der Waals surface area contributed by atoms with Gasteiger partial charge in [-0.05, 0) is 30.3 Å². The Bertz CT molecular complexity index is 938.